The average molecular weight is 316 g/mol. The van der Waals surface area contributed by atoms with Gasteiger partial charge in [0, 0.05) is 32.4 Å². The van der Waals surface area contributed by atoms with E-state index < -0.39 is 10.0 Å². The Hall–Kier alpha value is -0.960. The fraction of sp³-hybridized carbons (Fsp3) is 0.769. The highest BCUT2D eigenvalue weighted by atomic mass is 32.2. The lowest BCUT2D eigenvalue weighted by Gasteiger charge is -2.31. The lowest BCUT2D eigenvalue weighted by Crippen LogP contribution is -2.48. The van der Waals surface area contributed by atoms with Crippen molar-refractivity contribution in [1.82, 2.24) is 19.2 Å². The fourth-order valence-electron chi connectivity index (χ4n) is 2.46. The Balaban J connectivity index is 2.19. The summed E-state index contributed by atoms with van der Waals surface area (Å²) in [5, 5.41) is 3.15. The second kappa shape index (κ2) is 6.87. The number of morpholine rings is 1. The first-order valence-corrected chi connectivity index (χ1v) is 8.73. The molecule has 2 heterocycles. The van der Waals surface area contributed by atoms with Crippen LogP contribution in [0.4, 0.5) is 0 Å². The summed E-state index contributed by atoms with van der Waals surface area (Å²) in [6.07, 6.45) is 2.46. The zero-order valence-corrected chi connectivity index (χ0v) is 13.7. The van der Waals surface area contributed by atoms with Gasteiger partial charge < -0.3 is 14.6 Å². The van der Waals surface area contributed by atoms with E-state index in [0.717, 1.165) is 18.8 Å². The molecule has 8 heteroatoms. The third kappa shape index (κ3) is 3.63. The third-order valence-electron chi connectivity index (χ3n) is 3.56. The number of aromatic nitrogens is 2. The summed E-state index contributed by atoms with van der Waals surface area (Å²) in [5.41, 5.74) is 0. The molecule has 1 aliphatic heterocycles. The molecule has 2 rings (SSSR count). The summed E-state index contributed by atoms with van der Waals surface area (Å²) in [7, 11) is -1.71. The normalized spacial score (nSPS) is 20.8. The summed E-state index contributed by atoms with van der Waals surface area (Å²) < 4.78 is 34.3. The van der Waals surface area contributed by atoms with Crippen LogP contribution in [0.15, 0.2) is 11.2 Å². The molecule has 1 N–H and O–H groups in total. The predicted molar refractivity (Wildman–Crippen MR) is 79.7 cm³/mol. The molecule has 0 amide bonds. The maximum atomic E-state index is 12.7. The zero-order chi connectivity index (χ0) is 15.5. The molecule has 1 unspecified atom stereocenters. The summed E-state index contributed by atoms with van der Waals surface area (Å²) in [5.74, 6) is 0.732. The highest BCUT2D eigenvalue weighted by molar-refractivity contribution is 7.89. The second-order valence-corrected chi connectivity index (χ2v) is 7.12. The van der Waals surface area contributed by atoms with E-state index in [1.165, 1.54) is 4.31 Å². The Morgan fingerprint density at radius 2 is 2.29 bits per heavy atom. The van der Waals surface area contributed by atoms with Gasteiger partial charge in [-0.3, -0.25) is 0 Å². The molecule has 1 fully saturated rings. The molecule has 1 saturated heterocycles. The van der Waals surface area contributed by atoms with Crippen molar-refractivity contribution in [2.75, 3.05) is 33.3 Å². The number of rotatable bonds is 6. The van der Waals surface area contributed by atoms with E-state index in [2.05, 4.69) is 17.2 Å². The standard InChI is InChI=1S/C13H24N4O3S/c1-4-5-16-10-13(15-11(16)2)21(18,19)17-6-7-20-12(9-17)8-14-3/h10,12,14H,4-9H2,1-3H3. The molecule has 1 aromatic heterocycles. The molecule has 0 radical (unpaired) electrons. The van der Waals surface area contributed by atoms with Crippen molar-refractivity contribution >= 4 is 10.0 Å². The summed E-state index contributed by atoms with van der Waals surface area (Å²) in [4.78, 5) is 4.22. The van der Waals surface area contributed by atoms with Crippen molar-refractivity contribution in [1.29, 1.82) is 0 Å². The molecular weight excluding hydrogens is 292 g/mol. The monoisotopic (exact) mass is 316 g/mol. The topological polar surface area (TPSA) is 76.5 Å². The summed E-state index contributed by atoms with van der Waals surface area (Å²) >= 11 is 0. The Labute approximate surface area is 126 Å². The van der Waals surface area contributed by atoms with E-state index in [0.29, 0.717) is 26.2 Å². The van der Waals surface area contributed by atoms with Gasteiger partial charge in [0.2, 0.25) is 0 Å². The molecule has 21 heavy (non-hydrogen) atoms. The minimum Gasteiger partial charge on any atom is -0.374 e. The van der Waals surface area contributed by atoms with E-state index in [-0.39, 0.29) is 11.1 Å². The second-order valence-electron chi connectivity index (χ2n) is 5.23. The molecule has 1 atom stereocenters. The van der Waals surface area contributed by atoms with Crippen LogP contribution in [0.1, 0.15) is 19.2 Å². The lowest BCUT2D eigenvalue weighted by atomic mass is 10.3. The molecule has 0 aliphatic carbocycles. The van der Waals surface area contributed by atoms with Crippen LogP contribution in [0.3, 0.4) is 0 Å². The Morgan fingerprint density at radius 1 is 1.52 bits per heavy atom. The van der Waals surface area contributed by atoms with Gasteiger partial charge in [-0.05, 0) is 20.4 Å². The van der Waals surface area contributed by atoms with Gasteiger partial charge in [-0.1, -0.05) is 6.92 Å². The van der Waals surface area contributed by atoms with E-state index in [4.69, 9.17) is 4.74 Å². The number of ether oxygens (including phenoxy) is 1. The van der Waals surface area contributed by atoms with Crippen molar-refractivity contribution in [2.24, 2.45) is 0 Å². The van der Waals surface area contributed by atoms with Crippen molar-refractivity contribution in [3.05, 3.63) is 12.0 Å². The first kappa shape index (κ1) is 16.4. The number of hydrogen-bond donors (Lipinski definition) is 1. The first-order chi connectivity index (χ1) is 9.98. The largest absolute Gasteiger partial charge is 0.374 e. The van der Waals surface area contributed by atoms with Crippen molar-refractivity contribution in [2.45, 2.75) is 37.9 Å². The van der Waals surface area contributed by atoms with Crippen LogP contribution < -0.4 is 5.32 Å². The SMILES string of the molecule is CCCn1cc(S(=O)(=O)N2CCOC(CNC)C2)nc1C. The predicted octanol–water partition coefficient (Wildman–Crippen LogP) is 0.210. The van der Waals surface area contributed by atoms with E-state index in [1.54, 1.807) is 6.20 Å². The lowest BCUT2D eigenvalue weighted by molar-refractivity contribution is 0.000761. The van der Waals surface area contributed by atoms with Crippen molar-refractivity contribution in [3.8, 4) is 0 Å². The molecule has 0 aromatic carbocycles. The van der Waals surface area contributed by atoms with Gasteiger partial charge in [0.1, 0.15) is 5.82 Å². The minimum absolute atomic E-state index is 0.114. The van der Waals surface area contributed by atoms with Crippen LogP contribution in [0.5, 0.6) is 0 Å². The molecule has 7 nitrogen and oxygen atoms in total. The highest BCUT2D eigenvalue weighted by Gasteiger charge is 2.32. The van der Waals surface area contributed by atoms with E-state index >= 15 is 0 Å². The number of nitrogens with zero attached hydrogens (tertiary/aromatic N) is 3. The average Bonchev–Trinajstić information content (AvgIpc) is 2.82. The number of likely N-dealkylation sites (N-methyl/N-ethyl adjacent to an activating group) is 1. The van der Waals surface area contributed by atoms with Crippen LogP contribution in [-0.4, -0.2) is 61.7 Å². The van der Waals surface area contributed by atoms with E-state index in [1.807, 2.05) is 18.5 Å². The Morgan fingerprint density at radius 3 is 2.95 bits per heavy atom. The van der Waals surface area contributed by atoms with Crippen LogP contribution in [-0.2, 0) is 21.3 Å². The number of nitrogens with one attached hydrogen (secondary N) is 1. The van der Waals surface area contributed by atoms with Gasteiger partial charge in [0.25, 0.3) is 10.0 Å². The quantitative estimate of drug-likeness (QED) is 0.812. The zero-order valence-electron chi connectivity index (χ0n) is 12.9. The summed E-state index contributed by atoms with van der Waals surface area (Å²) in [6, 6.07) is 0. The molecule has 120 valence electrons. The van der Waals surface area contributed by atoms with Crippen LogP contribution >= 0.6 is 0 Å². The molecule has 1 aromatic rings. The van der Waals surface area contributed by atoms with Gasteiger partial charge in [0.15, 0.2) is 5.03 Å². The van der Waals surface area contributed by atoms with Crippen LogP contribution in [0.2, 0.25) is 0 Å². The number of imidazole rings is 1. The fourth-order valence-corrected chi connectivity index (χ4v) is 3.91. The maximum absolute atomic E-state index is 12.7. The molecule has 0 saturated carbocycles. The minimum atomic E-state index is -3.54. The Kier molecular flexibility index (Phi) is 5.37. The smallest absolute Gasteiger partial charge is 0.262 e. The van der Waals surface area contributed by atoms with Gasteiger partial charge in [-0.15, -0.1) is 0 Å². The summed E-state index contributed by atoms with van der Waals surface area (Å²) in [6.45, 7) is 6.45. The number of sulfonamides is 1. The molecular formula is C13H24N4O3S. The van der Waals surface area contributed by atoms with Gasteiger partial charge in [-0.2, -0.15) is 4.31 Å². The molecule has 0 bridgehead atoms. The van der Waals surface area contributed by atoms with E-state index in [9.17, 15) is 8.42 Å². The number of hydrogen-bond acceptors (Lipinski definition) is 5. The van der Waals surface area contributed by atoms with Gasteiger partial charge in [0.05, 0.1) is 12.7 Å². The third-order valence-corrected chi connectivity index (χ3v) is 5.29. The Bertz CT molecular complexity index is 568. The molecule has 0 spiro atoms. The van der Waals surface area contributed by atoms with Crippen molar-refractivity contribution < 1.29 is 13.2 Å². The van der Waals surface area contributed by atoms with Crippen molar-refractivity contribution in [3.63, 3.8) is 0 Å². The molecule has 1 aliphatic rings. The maximum Gasteiger partial charge on any atom is 0.262 e. The van der Waals surface area contributed by atoms with Crippen LogP contribution in [0, 0.1) is 6.92 Å². The highest BCUT2D eigenvalue weighted by Crippen LogP contribution is 2.18. The number of aryl methyl sites for hydroxylation is 2. The van der Waals surface area contributed by atoms with Gasteiger partial charge in [-0.25, -0.2) is 13.4 Å². The van der Waals surface area contributed by atoms with Gasteiger partial charge >= 0.3 is 0 Å². The van der Waals surface area contributed by atoms with Crippen LogP contribution in [0.25, 0.3) is 0 Å². The first-order valence-electron chi connectivity index (χ1n) is 7.29.